The minimum absolute atomic E-state index is 0.0813. The summed E-state index contributed by atoms with van der Waals surface area (Å²) >= 11 is 0. The first-order chi connectivity index (χ1) is 9.62. The van der Waals surface area contributed by atoms with Crippen LogP contribution in [0.3, 0.4) is 0 Å². The molecule has 0 aliphatic carbocycles. The van der Waals surface area contributed by atoms with Crippen molar-refractivity contribution in [2.24, 2.45) is 0 Å². The lowest BCUT2D eigenvalue weighted by atomic mass is 10.1. The van der Waals surface area contributed by atoms with Crippen LogP contribution < -0.4 is 10.3 Å². The molecule has 1 aromatic heterocycles. The zero-order chi connectivity index (χ0) is 14.7. The lowest BCUT2D eigenvalue weighted by molar-refractivity contribution is -0.0644. The van der Waals surface area contributed by atoms with E-state index in [0.29, 0.717) is 6.61 Å². The topological polar surface area (TPSA) is 103 Å². The molecule has 1 aliphatic heterocycles. The highest BCUT2D eigenvalue weighted by molar-refractivity contribution is 5.04. The second kappa shape index (κ2) is 6.31. The summed E-state index contributed by atoms with van der Waals surface area (Å²) in [5, 5.41) is 19.2. The SMILES string of the molecule is CCOc1nc(=O)ccn1[C@@H]1O[C@H](CO)C(O)C1OC. The van der Waals surface area contributed by atoms with E-state index >= 15 is 0 Å². The van der Waals surface area contributed by atoms with Crippen molar-refractivity contribution in [1.29, 1.82) is 0 Å². The van der Waals surface area contributed by atoms with Crippen molar-refractivity contribution in [3.05, 3.63) is 22.6 Å². The van der Waals surface area contributed by atoms with Crippen LogP contribution in [-0.2, 0) is 9.47 Å². The van der Waals surface area contributed by atoms with Gasteiger partial charge in [0.05, 0.1) is 13.2 Å². The second-order valence-corrected chi connectivity index (χ2v) is 4.33. The van der Waals surface area contributed by atoms with Crippen molar-refractivity contribution in [3.63, 3.8) is 0 Å². The first-order valence-corrected chi connectivity index (χ1v) is 6.31. The lowest BCUT2D eigenvalue weighted by Crippen LogP contribution is -2.35. The largest absolute Gasteiger partial charge is 0.465 e. The standard InChI is InChI=1S/C12H18N2O6/c1-3-19-12-13-8(16)4-5-14(12)11-10(18-2)9(17)7(6-15)20-11/h4-5,7,9-11,15,17H,3,6H2,1-2H3/t7-,9?,10?,11-/m1/s1. The third kappa shape index (κ3) is 2.68. The van der Waals surface area contributed by atoms with Gasteiger partial charge in [0.25, 0.3) is 5.56 Å². The average molecular weight is 286 g/mol. The summed E-state index contributed by atoms with van der Waals surface area (Å²) in [6.45, 7) is 1.75. The van der Waals surface area contributed by atoms with E-state index in [1.54, 1.807) is 6.92 Å². The summed E-state index contributed by atoms with van der Waals surface area (Å²) in [7, 11) is 1.43. The smallest absolute Gasteiger partial charge is 0.301 e. The van der Waals surface area contributed by atoms with Crippen LogP contribution in [0.2, 0.25) is 0 Å². The van der Waals surface area contributed by atoms with Gasteiger partial charge in [-0.15, -0.1) is 0 Å². The lowest BCUT2D eigenvalue weighted by Gasteiger charge is -2.22. The molecule has 4 atom stereocenters. The molecule has 8 heteroatoms. The van der Waals surface area contributed by atoms with E-state index in [1.165, 1.54) is 23.9 Å². The molecule has 0 aromatic carbocycles. The van der Waals surface area contributed by atoms with Gasteiger partial charge in [-0.3, -0.25) is 9.36 Å². The van der Waals surface area contributed by atoms with Gasteiger partial charge in [-0.25, -0.2) is 0 Å². The van der Waals surface area contributed by atoms with Crippen LogP contribution in [0.1, 0.15) is 13.2 Å². The maximum atomic E-state index is 11.3. The van der Waals surface area contributed by atoms with Crippen LogP contribution in [0, 0.1) is 0 Å². The number of methoxy groups -OCH3 is 1. The summed E-state index contributed by atoms with van der Waals surface area (Å²) in [5.41, 5.74) is -0.434. The third-order valence-corrected chi connectivity index (χ3v) is 3.12. The molecule has 2 N–H and O–H groups in total. The van der Waals surface area contributed by atoms with Crippen LogP contribution in [0.4, 0.5) is 0 Å². The molecule has 0 amide bonds. The molecule has 2 heterocycles. The normalized spacial score (nSPS) is 29.6. The Bertz CT molecular complexity index is 505. The number of hydrogen-bond donors (Lipinski definition) is 2. The molecule has 112 valence electrons. The van der Waals surface area contributed by atoms with Gasteiger partial charge in [-0.05, 0) is 6.92 Å². The molecule has 0 spiro atoms. The minimum atomic E-state index is -0.982. The van der Waals surface area contributed by atoms with Gasteiger partial charge in [0.2, 0.25) is 0 Å². The molecular formula is C12H18N2O6. The maximum Gasteiger partial charge on any atom is 0.301 e. The summed E-state index contributed by atoms with van der Waals surface area (Å²) < 4.78 is 17.5. The van der Waals surface area contributed by atoms with Gasteiger partial charge in [0.15, 0.2) is 6.23 Å². The van der Waals surface area contributed by atoms with E-state index in [1.807, 2.05) is 0 Å². The molecule has 2 unspecified atom stereocenters. The van der Waals surface area contributed by atoms with Crippen molar-refractivity contribution in [3.8, 4) is 6.01 Å². The zero-order valence-electron chi connectivity index (χ0n) is 11.3. The van der Waals surface area contributed by atoms with Crippen molar-refractivity contribution >= 4 is 0 Å². The molecule has 8 nitrogen and oxygen atoms in total. The van der Waals surface area contributed by atoms with Gasteiger partial charge in [0, 0.05) is 19.4 Å². The fraction of sp³-hybridized carbons (Fsp3) is 0.667. The quantitative estimate of drug-likeness (QED) is 0.708. The molecule has 0 bridgehead atoms. The molecule has 1 saturated heterocycles. The zero-order valence-corrected chi connectivity index (χ0v) is 11.3. The van der Waals surface area contributed by atoms with Crippen LogP contribution >= 0.6 is 0 Å². The molecule has 2 rings (SSSR count). The Morgan fingerprint density at radius 2 is 2.30 bits per heavy atom. The number of aliphatic hydroxyl groups is 2. The van der Waals surface area contributed by atoms with E-state index < -0.39 is 30.1 Å². The van der Waals surface area contributed by atoms with Crippen molar-refractivity contribution in [2.45, 2.75) is 31.5 Å². The third-order valence-electron chi connectivity index (χ3n) is 3.12. The van der Waals surface area contributed by atoms with E-state index in [-0.39, 0.29) is 12.6 Å². The predicted octanol–water partition coefficient (Wildman–Crippen LogP) is -1.09. The molecule has 0 radical (unpaired) electrons. The predicted molar refractivity (Wildman–Crippen MR) is 67.5 cm³/mol. The Morgan fingerprint density at radius 3 is 2.90 bits per heavy atom. The Morgan fingerprint density at radius 1 is 1.55 bits per heavy atom. The van der Waals surface area contributed by atoms with Gasteiger partial charge >= 0.3 is 6.01 Å². The number of rotatable bonds is 5. The minimum Gasteiger partial charge on any atom is -0.465 e. The Labute approximate surface area is 115 Å². The Balaban J connectivity index is 2.37. The van der Waals surface area contributed by atoms with Gasteiger partial charge in [0.1, 0.15) is 18.3 Å². The molecule has 1 aliphatic rings. The highest BCUT2D eigenvalue weighted by Gasteiger charge is 2.45. The second-order valence-electron chi connectivity index (χ2n) is 4.33. The van der Waals surface area contributed by atoms with Crippen molar-refractivity contribution in [1.82, 2.24) is 9.55 Å². The summed E-state index contributed by atoms with van der Waals surface area (Å²) in [6, 6.07) is 1.34. The number of hydrogen-bond acceptors (Lipinski definition) is 7. The number of aliphatic hydroxyl groups excluding tert-OH is 2. The summed E-state index contributed by atoms with van der Waals surface area (Å²) in [4.78, 5) is 15.1. The van der Waals surface area contributed by atoms with Crippen LogP contribution in [0.15, 0.2) is 17.1 Å². The highest BCUT2D eigenvalue weighted by atomic mass is 16.6. The molecule has 1 fully saturated rings. The maximum absolute atomic E-state index is 11.3. The summed E-state index contributed by atoms with van der Waals surface area (Å²) in [6.07, 6.45) is -1.72. The van der Waals surface area contributed by atoms with Gasteiger partial charge < -0.3 is 24.4 Å². The molecular weight excluding hydrogens is 268 g/mol. The first kappa shape index (κ1) is 14.9. The molecule has 20 heavy (non-hydrogen) atoms. The first-order valence-electron chi connectivity index (χ1n) is 6.31. The van der Waals surface area contributed by atoms with Crippen LogP contribution in [0.5, 0.6) is 6.01 Å². The number of ether oxygens (including phenoxy) is 3. The molecule has 0 saturated carbocycles. The Hall–Kier alpha value is -1.48. The van der Waals surface area contributed by atoms with Crippen molar-refractivity contribution in [2.75, 3.05) is 20.3 Å². The Kier molecular flexibility index (Phi) is 4.71. The monoisotopic (exact) mass is 286 g/mol. The van der Waals surface area contributed by atoms with E-state index in [4.69, 9.17) is 14.2 Å². The van der Waals surface area contributed by atoms with Gasteiger partial charge in [-0.2, -0.15) is 4.98 Å². The number of aromatic nitrogens is 2. The van der Waals surface area contributed by atoms with E-state index in [0.717, 1.165) is 0 Å². The summed E-state index contributed by atoms with van der Waals surface area (Å²) in [5.74, 6) is 0. The number of nitrogens with zero attached hydrogens (tertiary/aromatic N) is 2. The van der Waals surface area contributed by atoms with Gasteiger partial charge in [-0.1, -0.05) is 0 Å². The van der Waals surface area contributed by atoms with E-state index in [9.17, 15) is 15.0 Å². The average Bonchev–Trinajstić information content (AvgIpc) is 2.75. The van der Waals surface area contributed by atoms with Crippen LogP contribution in [-0.4, -0.2) is 58.4 Å². The van der Waals surface area contributed by atoms with Crippen molar-refractivity contribution < 1.29 is 24.4 Å². The van der Waals surface area contributed by atoms with E-state index in [2.05, 4.69) is 4.98 Å². The molecule has 1 aromatic rings. The highest BCUT2D eigenvalue weighted by Crippen LogP contribution is 2.32. The fourth-order valence-electron chi connectivity index (χ4n) is 2.17. The van der Waals surface area contributed by atoms with Crippen LogP contribution in [0.25, 0.3) is 0 Å². The fourth-order valence-corrected chi connectivity index (χ4v) is 2.17.